The molecule has 37 heavy (non-hydrogen) atoms. The molecular formula is C27H40N8OS. The number of ether oxygens (including phenoxy) is 1. The second kappa shape index (κ2) is 12.7. The largest absolute Gasteiger partial charge is 0.379 e. The van der Waals surface area contributed by atoms with Crippen molar-refractivity contribution in [1.82, 2.24) is 20.2 Å². The number of nitrogens with one attached hydrogen (secondary N) is 2. The molecule has 0 radical (unpaired) electrons. The van der Waals surface area contributed by atoms with Crippen LogP contribution in [-0.4, -0.2) is 98.1 Å². The van der Waals surface area contributed by atoms with Crippen LogP contribution in [0, 0.1) is 0 Å². The molecule has 3 aliphatic rings. The van der Waals surface area contributed by atoms with E-state index >= 15 is 0 Å². The molecule has 10 heteroatoms. The van der Waals surface area contributed by atoms with Gasteiger partial charge in [-0.05, 0) is 50.5 Å². The van der Waals surface area contributed by atoms with Crippen molar-refractivity contribution in [3.05, 3.63) is 36.4 Å². The maximum absolute atomic E-state index is 5.62. The van der Waals surface area contributed by atoms with Gasteiger partial charge < -0.3 is 30.1 Å². The summed E-state index contributed by atoms with van der Waals surface area (Å²) in [6.45, 7) is 12.4. The van der Waals surface area contributed by atoms with Gasteiger partial charge in [-0.2, -0.15) is 9.97 Å². The summed E-state index contributed by atoms with van der Waals surface area (Å²) in [5.41, 5.74) is 1.28. The Balaban J connectivity index is 1.26. The van der Waals surface area contributed by atoms with Crippen molar-refractivity contribution in [1.29, 1.82) is 0 Å². The molecule has 1 unspecified atom stereocenters. The molecule has 1 atom stereocenters. The first kappa shape index (κ1) is 25.9. The standard InChI is InChI=1S/C27H40N8OS/c1-22-7-5-6-11-35(22)25-21-24(34-15-13-33(14-16-34)23-8-3-2-4-9-23)29-26(30-25)31-27(37)28-10-12-32-17-19-36-20-18-32/h2-4,8-9,21-22H,5-7,10-20H2,1H3,(H2,28,29,30,31,37). The van der Waals surface area contributed by atoms with E-state index in [-0.39, 0.29) is 0 Å². The normalized spacial score (nSPS) is 21.1. The Morgan fingerprint density at radius 2 is 1.68 bits per heavy atom. The molecule has 0 aliphatic carbocycles. The molecule has 2 N–H and O–H groups in total. The summed E-state index contributed by atoms with van der Waals surface area (Å²) < 4.78 is 5.44. The summed E-state index contributed by atoms with van der Waals surface area (Å²) in [4.78, 5) is 19.5. The molecule has 0 saturated carbocycles. The number of morpholine rings is 1. The first-order valence-corrected chi connectivity index (χ1v) is 14.1. The van der Waals surface area contributed by atoms with Crippen molar-refractivity contribution >= 4 is 40.6 Å². The number of para-hydroxylation sites is 1. The molecule has 200 valence electrons. The van der Waals surface area contributed by atoms with Crippen molar-refractivity contribution in [3.63, 3.8) is 0 Å². The third-order valence-corrected chi connectivity index (χ3v) is 7.81. The molecule has 0 spiro atoms. The van der Waals surface area contributed by atoms with E-state index in [1.54, 1.807) is 0 Å². The second-order valence-corrected chi connectivity index (χ2v) is 10.5. The molecule has 3 aliphatic heterocycles. The molecule has 1 aromatic heterocycles. The number of anilines is 4. The summed E-state index contributed by atoms with van der Waals surface area (Å²) in [5.74, 6) is 2.52. The van der Waals surface area contributed by atoms with E-state index in [1.165, 1.54) is 24.9 Å². The number of nitrogens with zero attached hydrogens (tertiary/aromatic N) is 6. The zero-order chi connectivity index (χ0) is 25.5. The number of rotatable bonds is 7. The van der Waals surface area contributed by atoms with Crippen LogP contribution in [0.4, 0.5) is 23.3 Å². The number of thiocarbonyl (C=S) groups is 1. The Hall–Kier alpha value is -2.69. The Morgan fingerprint density at radius 1 is 0.946 bits per heavy atom. The fraction of sp³-hybridized carbons (Fsp3) is 0.593. The Kier molecular flexibility index (Phi) is 8.91. The van der Waals surface area contributed by atoms with Crippen LogP contribution in [0.2, 0.25) is 0 Å². The Labute approximate surface area is 226 Å². The lowest BCUT2D eigenvalue weighted by Crippen LogP contribution is -2.47. The Morgan fingerprint density at radius 3 is 2.43 bits per heavy atom. The van der Waals surface area contributed by atoms with Gasteiger partial charge in [0, 0.05) is 76.7 Å². The zero-order valence-electron chi connectivity index (χ0n) is 21.9. The highest BCUT2D eigenvalue weighted by molar-refractivity contribution is 7.80. The summed E-state index contributed by atoms with van der Waals surface area (Å²) >= 11 is 5.62. The summed E-state index contributed by atoms with van der Waals surface area (Å²) in [6.07, 6.45) is 3.67. The van der Waals surface area contributed by atoms with Gasteiger partial charge in [-0.1, -0.05) is 18.2 Å². The van der Waals surface area contributed by atoms with Gasteiger partial charge in [0.05, 0.1) is 13.2 Å². The fourth-order valence-electron chi connectivity index (χ4n) is 5.36. The molecule has 3 saturated heterocycles. The lowest BCUT2D eigenvalue weighted by Gasteiger charge is -2.38. The number of piperidine rings is 1. The van der Waals surface area contributed by atoms with E-state index in [0.717, 1.165) is 83.8 Å². The number of aromatic nitrogens is 2. The van der Waals surface area contributed by atoms with Crippen LogP contribution in [-0.2, 0) is 4.74 Å². The third-order valence-electron chi connectivity index (χ3n) is 7.56. The predicted octanol–water partition coefficient (Wildman–Crippen LogP) is 2.80. The van der Waals surface area contributed by atoms with Crippen LogP contribution >= 0.6 is 12.2 Å². The maximum Gasteiger partial charge on any atom is 0.232 e. The van der Waals surface area contributed by atoms with Crippen LogP contribution in [0.1, 0.15) is 26.2 Å². The lowest BCUT2D eigenvalue weighted by atomic mass is 10.0. The fourth-order valence-corrected chi connectivity index (χ4v) is 5.55. The molecule has 5 rings (SSSR count). The summed E-state index contributed by atoms with van der Waals surface area (Å²) in [7, 11) is 0. The summed E-state index contributed by atoms with van der Waals surface area (Å²) in [5, 5.41) is 7.18. The third kappa shape index (κ3) is 7.00. The maximum atomic E-state index is 5.62. The molecule has 4 heterocycles. The highest BCUT2D eigenvalue weighted by Crippen LogP contribution is 2.28. The van der Waals surface area contributed by atoms with Crippen LogP contribution in [0.25, 0.3) is 0 Å². The van der Waals surface area contributed by atoms with Crippen molar-refractivity contribution in [2.75, 3.05) is 92.1 Å². The monoisotopic (exact) mass is 524 g/mol. The smallest absolute Gasteiger partial charge is 0.232 e. The van der Waals surface area contributed by atoms with Crippen molar-refractivity contribution in [3.8, 4) is 0 Å². The van der Waals surface area contributed by atoms with Gasteiger partial charge in [-0.3, -0.25) is 4.90 Å². The number of hydrogen-bond acceptors (Lipinski definition) is 8. The number of benzene rings is 1. The minimum atomic E-state index is 0.470. The van der Waals surface area contributed by atoms with Crippen molar-refractivity contribution in [2.24, 2.45) is 0 Å². The van der Waals surface area contributed by atoms with Gasteiger partial charge in [0.25, 0.3) is 0 Å². The first-order valence-electron chi connectivity index (χ1n) is 13.7. The molecule has 1 aromatic carbocycles. The van der Waals surface area contributed by atoms with Crippen LogP contribution in [0.5, 0.6) is 0 Å². The van der Waals surface area contributed by atoms with Crippen LogP contribution in [0.3, 0.4) is 0 Å². The van der Waals surface area contributed by atoms with E-state index in [1.807, 2.05) is 0 Å². The average Bonchev–Trinajstić information content (AvgIpc) is 2.94. The minimum Gasteiger partial charge on any atom is -0.379 e. The number of hydrogen-bond donors (Lipinski definition) is 2. The number of piperazine rings is 1. The predicted molar refractivity (Wildman–Crippen MR) is 155 cm³/mol. The van der Waals surface area contributed by atoms with E-state index in [2.05, 4.69) is 73.6 Å². The van der Waals surface area contributed by atoms with Gasteiger partial charge in [-0.15, -0.1) is 0 Å². The molecular weight excluding hydrogens is 484 g/mol. The highest BCUT2D eigenvalue weighted by Gasteiger charge is 2.24. The van der Waals surface area contributed by atoms with Gasteiger partial charge in [-0.25, -0.2) is 0 Å². The van der Waals surface area contributed by atoms with Gasteiger partial charge in [0.15, 0.2) is 5.11 Å². The van der Waals surface area contributed by atoms with Crippen molar-refractivity contribution < 1.29 is 4.74 Å². The van der Waals surface area contributed by atoms with E-state index in [9.17, 15) is 0 Å². The van der Waals surface area contributed by atoms with E-state index < -0.39 is 0 Å². The molecule has 2 aromatic rings. The molecule has 0 bridgehead atoms. The average molecular weight is 525 g/mol. The molecule has 3 fully saturated rings. The zero-order valence-corrected chi connectivity index (χ0v) is 22.8. The highest BCUT2D eigenvalue weighted by atomic mass is 32.1. The SMILES string of the molecule is CC1CCCCN1c1cc(N2CCN(c3ccccc3)CC2)nc(NC(=S)NCCN2CCOCC2)n1. The Bertz CT molecular complexity index is 1010. The van der Waals surface area contributed by atoms with Crippen LogP contribution < -0.4 is 25.3 Å². The topological polar surface area (TPSA) is 72.0 Å². The molecule has 0 amide bonds. The summed E-state index contributed by atoms with van der Waals surface area (Å²) in [6, 6.07) is 13.3. The first-order chi connectivity index (χ1) is 18.2. The van der Waals surface area contributed by atoms with Gasteiger partial charge >= 0.3 is 0 Å². The van der Waals surface area contributed by atoms with Gasteiger partial charge in [0.1, 0.15) is 11.6 Å². The van der Waals surface area contributed by atoms with E-state index in [0.29, 0.717) is 17.1 Å². The van der Waals surface area contributed by atoms with Crippen LogP contribution in [0.15, 0.2) is 36.4 Å². The lowest BCUT2D eigenvalue weighted by molar-refractivity contribution is 0.0389. The minimum absolute atomic E-state index is 0.470. The quantitative estimate of drug-likeness (QED) is 0.529. The van der Waals surface area contributed by atoms with Crippen molar-refractivity contribution in [2.45, 2.75) is 32.2 Å². The second-order valence-electron chi connectivity index (χ2n) is 10.1. The van der Waals surface area contributed by atoms with Gasteiger partial charge in [0.2, 0.25) is 5.95 Å². The van der Waals surface area contributed by atoms with E-state index in [4.69, 9.17) is 26.9 Å². The molecule has 9 nitrogen and oxygen atoms in total.